The third-order valence-corrected chi connectivity index (χ3v) is 1.03. The normalized spacial score (nSPS) is 10.2. The van der Waals surface area contributed by atoms with Gasteiger partial charge in [0, 0.05) is 5.03 Å². The van der Waals surface area contributed by atoms with Crippen molar-refractivity contribution in [1.82, 2.24) is 0 Å². The van der Waals surface area contributed by atoms with Crippen molar-refractivity contribution in [2.75, 3.05) is 6.61 Å². The first kappa shape index (κ1) is 10.7. The van der Waals surface area contributed by atoms with E-state index in [2.05, 4.69) is 11.3 Å². The summed E-state index contributed by atoms with van der Waals surface area (Å²) in [6.45, 7) is 5.20. The summed E-state index contributed by atoms with van der Waals surface area (Å²) in [5.74, 6) is -0.679. The Morgan fingerprint density at radius 1 is 1.83 bits per heavy atom. The van der Waals surface area contributed by atoms with Gasteiger partial charge in [0.15, 0.2) is 0 Å². The Kier molecular flexibility index (Phi) is 4.82. The largest absolute Gasteiger partial charge is 0.462 e. The highest BCUT2D eigenvalue weighted by molar-refractivity contribution is 6.31. The Hall–Kier alpha value is -1.27. The van der Waals surface area contributed by atoms with E-state index in [1.807, 2.05) is 0 Å². The molecule has 0 spiro atoms. The number of rotatable bonds is 3. The number of hydrogen-bond acceptors (Lipinski definition) is 3. The molecule has 4 heteroatoms. The number of halogens is 1. The van der Waals surface area contributed by atoms with Crippen LogP contribution in [0.25, 0.3) is 0 Å². The summed E-state index contributed by atoms with van der Waals surface area (Å²) in [5, 5.41) is 8.58. The van der Waals surface area contributed by atoms with Crippen molar-refractivity contribution in [2.24, 2.45) is 0 Å². The van der Waals surface area contributed by atoms with Crippen LogP contribution in [0.3, 0.4) is 0 Å². The van der Waals surface area contributed by atoms with Gasteiger partial charge in [-0.15, -0.1) is 0 Å². The lowest BCUT2D eigenvalue weighted by Crippen LogP contribution is -2.06. The molecule has 0 N–H and O–H groups in total. The second-order valence-electron chi connectivity index (χ2n) is 1.84. The number of nitriles is 1. The van der Waals surface area contributed by atoms with Crippen LogP contribution in [-0.2, 0) is 9.53 Å². The highest BCUT2D eigenvalue weighted by Gasteiger charge is 2.08. The van der Waals surface area contributed by atoms with E-state index >= 15 is 0 Å². The molecule has 0 aliphatic heterocycles. The van der Waals surface area contributed by atoms with Crippen LogP contribution in [0, 0.1) is 11.3 Å². The van der Waals surface area contributed by atoms with Crippen LogP contribution in [0.15, 0.2) is 23.3 Å². The van der Waals surface area contributed by atoms with Gasteiger partial charge in [-0.1, -0.05) is 18.2 Å². The Bertz CT molecular complexity index is 263. The zero-order valence-electron chi connectivity index (χ0n) is 6.63. The molecule has 0 fully saturated rings. The fourth-order valence-corrected chi connectivity index (χ4v) is 0.611. The molecule has 0 amide bonds. The molecule has 3 nitrogen and oxygen atoms in total. The van der Waals surface area contributed by atoms with Crippen LogP contribution in [0.4, 0.5) is 0 Å². The first-order valence-corrected chi connectivity index (χ1v) is 3.63. The van der Waals surface area contributed by atoms with Crippen molar-refractivity contribution < 1.29 is 9.53 Å². The van der Waals surface area contributed by atoms with Crippen LogP contribution < -0.4 is 0 Å². The minimum atomic E-state index is -0.679. The molecule has 0 atom stereocenters. The summed E-state index contributed by atoms with van der Waals surface area (Å²) in [6, 6.07) is 1.66. The van der Waals surface area contributed by atoms with Gasteiger partial charge < -0.3 is 4.74 Å². The first-order valence-electron chi connectivity index (χ1n) is 3.25. The summed E-state index contributed by atoms with van der Waals surface area (Å²) >= 11 is 5.37. The third kappa shape index (κ3) is 3.79. The predicted octanol–water partition coefficient (Wildman–Crippen LogP) is 1.75. The fourth-order valence-electron chi connectivity index (χ4n) is 0.502. The molecule has 0 saturated heterocycles. The molecule has 64 valence electrons. The van der Waals surface area contributed by atoms with Crippen molar-refractivity contribution in [3.8, 4) is 6.07 Å². The maximum absolute atomic E-state index is 10.9. The van der Waals surface area contributed by atoms with Crippen molar-refractivity contribution >= 4 is 17.6 Å². The molecular formula is C8H8ClNO2. The zero-order chi connectivity index (χ0) is 9.56. The van der Waals surface area contributed by atoms with Gasteiger partial charge in [-0.25, -0.2) is 4.79 Å². The maximum atomic E-state index is 10.9. The van der Waals surface area contributed by atoms with Crippen LogP contribution in [0.5, 0.6) is 0 Å². The standard InChI is InChI=1S/C8H8ClNO2/c1-3-12-8(11)7(5-10)4-6(2)9/h4H,2-3H2,1H3. The molecular weight excluding hydrogens is 178 g/mol. The van der Waals surface area contributed by atoms with Crippen LogP contribution in [0.1, 0.15) is 6.92 Å². The number of carbonyl (C=O) groups excluding carboxylic acids is 1. The van der Waals surface area contributed by atoms with E-state index in [1.165, 1.54) is 6.08 Å². The van der Waals surface area contributed by atoms with Crippen LogP contribution >= 0.6 is 11.6 Å². The summed E-state index contributed by atoms with van der Waals surface area (Å²) < 4.78 is 4.57. The molecule has 0 saturated carbocycles. The molecule has 0 aliphatic carbocycles. The number of allylic oxidation sites excluding steroid dienone is 2. The SMILES string of the molecule is C=C(Cl)C=C(C#N)C(=O)OCC. The van der Waals surface area contributed by atoms with Gasteiger partial charge in [0.05, 0.1) is 6.61 Å². The zero-order valence-corrected chi connectivity index (χ0v) is 7.39. The Morgan fingerprint density at radius 3 is 2.75 bits per heavy atom. The van der Waals surface area contributed by atoms with Gasteiger partial charge in [0.2, 0.25) is 0 Å². The van der Waals surface area contributed by atoms with E-state index in [0.717, 1.165) is 0 Å². The second kappa shape index (κ2) is 5.39. The van der Waals surface area contributed by atoms with Crippen molar-refractivity contribution in [3.05, 3.63) is 23.3 Å². The van der Waals surface area contributed by atoms with E-state index in [-0.39, 0.29) is 17.2 Å². The number of esters is 1. The molecule has 0 aliphatic rings. The number of ether oxygens (including phenoxy) is 1. The van der Waals surface area contributed by atoms with Gasteiger partial charge in [0.1, 0.15) is 11.6 Å². The Balaban J connectivity index is 4.48. The quantitative estimate of drug-likeness (QED) is 0.291. The average Bonchev–Trinajstić information content (AvgIpc) is 2.00. The minimum absolute atomic E-state index is 0.125. The molecule has 0 rings (SSSR count). The lowest BCUT2D eigenvalue weighted by atomic mass is 10.3. The number of nitrogens with zero attached hydrogens (tertiary/aromatic N) is 1. The van der Waals surface area contributed by atoms with E-state index in [1.54, 1.807) is 13.0 Å². The van der Waals surface area contributed by atoms with Crippen molar-refractivity contribution in [1.29, 1.82) is 5.26 Å². The van der Waals surface area contributed by atoms with Gasteiger partial charge >= 0.3 is 5.97 Å². The van der Waals surface area contributed by atoms with E-state index in [4.69, 9.17) is 16.9 Å². The molecule has 0 radical (unpaired) electrons. The van der Waals surface area contributed by atoms with Gasteiger partial charge in [-0.2, -0.15) is 5.26 Å². The van der Waals surface area contributed by atoms with Crippen molar-refractivity contribution in [2.45, 2.75) is 6.92 Å². The molecule has 0 aromatic heterocycles. The molecule has 0 heterocycles. The van der Waals surface area contributed by atoms with E-state index in [0.29, 0.717) is 0 Å². The lowest BCUT2D eigenvalue weighted by molar-refractivity contribution is -0.138. The topological polar surface area (TPSA) is 50.1 Å². The summed E-state index contributed by atoms with van der Waals surface area (Å²) in [6.07, 6.45) is 1.17. The summed E-state index contributed by atoms with van der Waals surface area (Å²) in [4.78, 5) is 10.9. The fraction of sp³-hybridized carbons (Fsp3) is 0.250. The minimum Gasteiger partial charge on any atom is -0.462 e. The Morgan fingerprint density at radius 2 is 2.42 bits per heavy atom. The smallest absolute Gasteiger partial charge is 0.348 e. The monoisotopic (exact) mass is 185 g/mol. The number of hydrogen-bond donors (Lipinski definition) is 0. The average molecular weight is 186 g/mol. The second-order valence-corrected chi connectivity index (χ2v) is 2.32. The van der Waals surface area contributed by atoms with Gasteiger partial charge in [-0.05, 0) is 13.0 Å². The van der Waals surface area contributed by atoms with Crippen LogP contribution in [-0.4, -0.2) is 12.6 Å². The maximum Gasteiger partial charge on any atom is 0.348 e. The lowest BCUT2D eigenvalue weighted by Gasteiger charge is -1.97. The predicted molar refractivity (Wildman–Crippen MR) is 45.3 cm³/mol. The first-order chi connectivity index (χ1) is 5.61. The van der Waals surface area contributed by atoms with Crippen LogP contribution in [0.2, 0.25) is 0 Å². The van der Waals surface area contributed by atoms with E-state index in [9.17, 15) is 4.79 Å². The molecule has 0 aromatic carbocycles. The number of carbonyl (C=O) groups is 1. The summed E-state index contributed by atoms with van der Waals surface area (Å²) in [5.41, 5.74) is -0.142. The summed E-state index contributed by atoms with van der Waals surface area (Å²) in [7, 11) is 0. The highest BCUT2D eigenvalue weighted by Crippen LogP contribution is 2.05. The molecule has 0 aromatic rings. The highest BCUT2D eigenvalue weighted by atomic mass is 35.5. The van der Waals surface area contributed by atoms with Crippen molar-refractivity contribution in [3.63, 3.8) is 0 Å². The van der Waals surface area contributed by atoms with Gasteiger partial charge in [-0.3, -0.25) is 0 Å². The Labute approximate surface area is 75.9 Å². The molecule has 12 heavy (non-hydrogen) atoms. The van der Waals surface area contributed by atoms with Gasteiger partial charge in [0.25, 0.3) is 0 Å². The van der Waals surface area contributed by atoms with E-state index < -0.39 is 5.97 Å². The third-order valence-electron chi connectivity index (χ3n) is 0.917. The molecule has 0 unspecified atom stereocenters. The molecule has 0 bridgehead atoms.